The minimum atomic E-state index is 0.0116. The first-order valence-electron chi connectivity index (χ1n) is 10.1. The van der Waals surface area contributed by atoms with Crippen molar-refractivity contribution in [3.05, 3.63) is 59.7 Å². The van der Waals surface area contributed by atoms with Gasteiger partial charge >= 0.3 is 0 Å². The van der Waals surface area contributed by atoms with Crippen LogP contribution in [0.3, 0.4) is 0 Å². The minimum absolute atomic E-state index is 0.0116. The predicted octanol–water partition coefficient (Wildman–Crippen LogP) is 2.75. The van der Waals surface area contributed by atoms with E-state index >= 15 is 0 Å². The molecule has 0 bridgehead atoms. The van der Waals surface area contributed by atoms with Gasteiger partial charge in [0.05, 0.1) is 6.04 Å². The first kappa shape index (κ1) is 18.0. The van der Waals surface area contributed by atoms with Gasteiger partial charge in [-0.1, -0.05) is 30.3 Å². The van der Waals surface area contributed by atoms with Gasteiger partial charge in [-0.05, 0) is 23.8 Å². The first-order valence-corrected chi connectivity index (χ1v) is 10.1. The van der Waals surface area contributed by atoms with Gasteiger partial charge in [-0.25, -0.2) is 0 Å². The van der Waals surface area contributed by atoms with E-state index in [-0.39, 0.29) is 23.8 Å². The van der Waals surface area contributed by atoms with Crippen molar-refractivity contribution in [2.75, 3.05) is 32.8 Å². The molecule has 0 radical (unpaired) electrons. The van der Waals surface area contributed by atoms with Gasteiger partial charge in [0.2, 0.25) is 5.91 Å². The van der Waals surface area contributed by atoms with E-state index < -0.39 is 0 Å². The average Bonchev–Trinajstić information content (AvgIpc) is 3.31. The summed E-state index contributed by atoms with van der Waals surface area (Å²) in [4.78, 5) is 29.3. The Bertz CT molecular complexity index is 945. The molecule has 0 N–H and O–H groups in total. The second kappa shape index (κ2) is 7.10. The molecular formula is C23H24N2O4. The second-order valence-electron chi connectivity index (χ2n) is 8.02. The van der Waals surface area contributed by atoms with Gasteiger partial charge < -0.3 is 19.3 Å². The number of nitrogens with zero attached hydrogens (tertiary/aromatic N) is 2. The van der Waals surface area contributed by atoms with Crippen molar-refractivity contribution >= 4 is 11.8 Å². The van der Waals surface area contributed by atoms with Crippen molar-refractivity contribution in [3.63, 3.8) is 0 Å². The van der Waals surface area contributed by atoms with Gasteiger partial charge in [0.25, 0.3) is 5.91 Å². The van der Waals surface area contributed by atoms with E-state index in [9.17, 15) is 9.59 Å². The number of hydrogen-bond acceptors (Lipinski definition) is 4. The van der Waals surface area contributed by atoms with Crippen LogP contribution >= 0.6 is 0 Å². The Morgan fingerprint density at radius 3 is 2.45 bits per heavy atom. The van der Waals surface area contributed by atoms with E-state index in [4.69, 9.17) is 9.47 Å². The summed E-state index contributed by atoms with van der Waals surface area (Å²) in [5.41, 5.74) is 1.76. The van der Waals surface area contributed by atoms with Gasteiger partial charge in [0.1, 0.15) is 13.2 Å². The molecule has 2 fully saturated rings. The highest BCUT2D eigenvalue weighted by Crippen LogP contribution is 2.45. The van der Waals surface area contributed by atoms with E-state index in [0.717, 1.165) is 5.56 Å². The number of ether oxygens (including phenoxy) is 2. The summed E-state index contributed by atoms with van der Waals surface area (Å²) in [6.07, 6.45) is 0. The van der Waals surface area contributed by atoms with Crippen LogP contribution in [0.2, 0.25) is 0 Å². The van der Waals surface area contributed by atoms with E-state index in [0.29, 0.717) is 55.8 Å². The van der Waals surface area contributed by atoms with Crippen molar-refractivity contribution in [1.29, 1.82) is 0 Å². The summed E-state index contributed by atoms with van der Waals surface area (Å²) in [6, 6.07) is 15.6. The largest absolute Gasteiger partial charge is 0.486 e. The van der Waals surface area contributed by atoms with Crippen molar-refractivity contribution in [2.45, 2.75) is 13.0 Å². The summed E-state index contributed by atoms with van der Waals surface area (Å²) in [7, 11) is 0. The molecule has 2 aromatic rings. The van der Waals surface area contributed by atoms with Crippen LogP contribution < -0.4 is 9.47 Å². The number of hydrogen-bond donors (Lipinski definition) is 0. The molecule has 6 heteroatoms. The average molecular weight is 392 g/mol. The first-order chi connectivity index (χ1) is 14.1. The van der Waals surface area contributed by atoms with Crippen LogP contribution in [0.4, 0.5) is 0 Å². The highest BCUT2D eigenvalue weighted by atomic mass is 16.6. The second-order valence-corrected chi connectivity index (χ2v) is 8.02. The summed E-state index contributed by atoms with van der Waals surface area (Å²) in [5, 5.41) is 0. The maximum atomic E-state index is 13.2. The van der Waals surface area contributed by atoms with Gasteiger partial charge in [0.15, 0.2) is 11.5 Å². The van der Waals surface area contributed by atoms with Crippen LogP contribution in [-0.2, 0) is 4.79 Å². The Balaban J connectivity index is 1.38. The Labute approximate surface area is 170 Å². The monoisotopic (exact) mass is 392 g/mol. The van der Waals surface area contributed by atoms with Crippen molar-refractivity contribution in [3.8, 4) is 11.5 Å². The Morgan fingerprint density at radius 1 is 0.931 bits per heavy atom. The normalized spacial score (nSPS) is 25.1. The fourth-order valence-electron chi connectivity index (χ4n) is 4.97. The zero-order chi connectivity index (χ0) is 20.0. The molecule has 3 aliphatic heterocycles. The summed E-state index contributed by atoms with van der Waals surface area (Å²) < 4.78 is 11.2. The Morgan fingerprint density at radius 2 is 1.69 bits per heavy atom. The standard InChI is InChI=1S/C23H24N2O4/c1-15(26)25-13-18-12-24(14-19(18)22(25)16-5-3-2-4-6-16)23(27)17-7-8-20-21(11-17)29-10-9-28-20/h2-8,11,18-19,22H,9-10,12-14H2,1H3/t18-,19-,22+/m1/s1. The van der Waals surface area contributed by atoms with Crippen LogP contribution in [0, 0.1) is 11.8 Å². The molecule has 2 aromatic carbocycles. The van der Waals surface area contributed by atoms with Crippen molar-refractivity contribution < 1.29 is 19.1 Å². The minimum Gasteiger partial charge on any atom is -0.486 e. The molecule has 0 saturated carbocycles. The number of carbonyl (C=O) groups excluding carboxylic acids is 2. The van der Waals surface area contributed by atoms with Crippen LogP contribution in [0.5, 0.6) is 11.5 Å². The molecule has 0 spiro atoms. The zero-order valence-electron chi connectivity index (χ0n) is 16.4. The third-order valence-electron chi connectivity index (χ3n) is 6.29. The van der Waals surface area contributed by atoms with E-state index in [1.54, 1.807) is 19.1 Å². The number of carbonyl (C=O) groups is 2. The van der Waals surface area contributed by atoms with Gasteiger partial charge in [-0.15, -0.1) is 0 Å². The fraction of sp³-hybridized carbons (Fsp3) is 0.391. The molecule has 6 nitrogen and oxygen atoms in total. The number of rotatable bonds is 2. The molecule has 0 aromatic heterocycles. The van der Waals surface area contributed by atoms with E-state index in [1.807, 2.05) is 34.1 Å². The molecule has 0 aliphatic carbocycles. The number of benzene rings is 2. The van der Waals surface area contributed by atoms with E-state index in [1.165, 1.54) is 0 Å². The lowest BCUT2D eigenvalue weighted by atomic mass is 9.89. The van der Waals surface area contributed by atoms with Crippen LogP contribution in [0.15, 0.2) is 48.5 Å². The van der Waals surface area contributed by atoms with Gasteiger partial charge in [-0.2, -0.15) is 0 Å². The Hall–Kier alpha value is -3.02. The lowest BCUT2D eigenvalue weighted by molar-refractivity contribution is -0.130. The summed E-state index contributed by atoms with van der Waals surface area (Å²) in [6.45, 7) is 4.69. The van der Waals surface area contributed by atoms with E-state index in [2.05, 4.69) is 12.1 Å². The molecule has 29 heavy (non-hydrogen) atoms. The maximum Gasteiger partial charge on any atom is 0.254 e. The summed E-state index contributed by atoms with van der Waals surface area (Å²) >= 11 is 0. The highest BCUT2D eigenvalue weighted by Gasteiger charge is 2.49. The summed E-state index contributed by atoms with van der Waals surface area (Å²) in [5.74, 6) is 1.97. The van der Waals surface area contributed by atoms with Gasteiger partial charge in [0, 0.05) is 44.0 Å². The third kappa shape index (κ3) is 3.12. The number of likely N-dealkylation sites (tertiary alicyclic amines) is 2. The van der Waals surface area contributed by atoms with Crippen molar-refractivity contribution in [1.82, 2.24) is 9.80 Å². The topological polar surface area (TPSA) is 59.1 Å². The zero-order valence-corrected chi connectivity index (χ0v) is 16.4. The number of fused-ring (bicyclic) bond motifs is 2. The maximum absolute atomic E-state index is 13.2. The Kier molecular flexibility index (Phi) is 4.42. The lowest BCUT2D eigenvalue weighted by Crippen LogP contribution is -2.36. The molecule has 150 valence electrons. The third-order valence-corrected chi connectivity index (χ3v) is 6.29. The molecule has 5 rings (SSSR count). The molecule has 3 heterocycles. The van der Waals surface area contributed by atoms with Crippen molar-refractivity contribution in [2.24, 2.45) is 11.8 Å². The number of amides is 2. The van der Waals surface area contributed by atoms with Crippen LogP contribution in [0.1, 0.15) is 28.9 Å². The molecule has 2 saturated heterocycles. The predicted molar refractivity (Wildman–Crippen MR) is 107 cm³/mol. The van der Waals surface area contributed by atoms with Gasteiger partial charge in [-0.3, -0.25) is 9.59 Å². The molecule has 3 atom stereocenters. The smallest absolute Gasteiger partial charge is 0.254 e. The molecular weight excluding hydrogens is 368 g/mol. The fourth-order valence-corrected chi connectivity index (χ4v) is 4.97. The molecule has 3 aliphatic rings. The highest BCUT2D eigenvalue weighted by molar-refractivity contribution is 5.95. The van der Waals surface area contributed by atoms with Crippen LogP contribution in [0.25, 0.3) is 0 Å². The molecule has 2 amide bonds. The lowest BCUT2D eigenvalue weighted by Gasteiger charge is -2.29. The quantitative estimate of drug-likeness (QED) is 0.789. The van der Waals surface area contributed by atoms with Crippen LogP contribution in [-0.4, -0.2) is 54.5 Å². The molecule has 0 unspecified atom stereocenters. The SMILES string of the molecule is CC(=O)N1C[C@H]2CN(C(=O)c3ccc4c(c3)OCCO4)C[C@H]2[C@@H]1c1ccccc1.